The first-order valence-electron chi connectivity index (χ1n) is 9.07. The molecular formula is C17H26F3N5S. The van der Waals surface area contributed by atoms with Gasteiger partial charge in [-0.15, -0.1) is 0 Å². The summed E-state index contributed by atoms with van der Waals surface area (Å²) in [6.45, 7) is 1.07. The number of halogens is 3. The monoisotopic (exact) mass is 389 g/mol. The van der Waals surface area contributed by atoms with Crippen LogP contribution in [0.3, 0.4) is 0 Å². The SMILES string of the molecule is CN=C(NCc1nccn1CC(F)(F)F)N1CCSC2(CCCCC2)C1. The van der Waals surface area contributed by atoms with Gasteiger partial charge in [0.25, 0.3) is 0 Å². The summed E-state index contributed by atoms with van der Waals surface area (Å²) in [5, 5.41) is 3.21. The number of thioether (sulfide) groups is 1. The van der Waals surface area contributed by atoms with Gasteiger partial charge in [-0.05, 0) is 12.8 Å². The van der Waals surface area contributed by atoms with E-state index in [0.717, 1.165) is 29.4 Å². The lowest BCUT2D eigenvalue weighted by molar-refractivity contribution is -0.141. The van der Waals surface area contributed by atoms with Crippen LogP contribution >= 0.6 is 11.8 Å². The lowest BCUT2D eigenvalue weighted by atomic mass is 9.87. The molecule has 1 aliphatic heterocycles. The normalized spacial score (nSPS) is 21.2. The summed E-state index contributed by atoms with van der Waals surface area (Å²) in [6.07, 6.45) is 4.86. The third-order valence-electron chi connectivity index (χ3n) is 5.08. The molecule has 3 rings (SSSR count). The Labute approximate surface area is 156 Å². The van der Waals surface area contributed by atoms with Gasteiger partial charge in [-0.2, -0.15) is 24.9 Å². The van der Waals surface area contributed by atoms with Crippen LogP contribution in [0.15, 0.2) is 17.4 Å². The van der Waals surface area contributed by atoms with Gasteiger partial charge in [0.2, 0.25) is 0 Å². The number of imidazole rings is 1. The quantitative estimate of drug-likeness (QED) is 0.637. The van der Waals surface area contributed by atoms with E-state index >= 15 is 0 Å². The number of alkyl halides is 3. The summed E-state index contributed by atoms with van der Waals surface area (Å²) < 4.78 is 39.4. The van der Waals surface area contributed by atoms with Crippen LogP contribution in [0, 0.1) is 0 Å². The van der Waals surface area contributed by atoms with Crippen LogP contribution in [0.5, 0.6) is 0 Å². The van der Waals surface area contributed by atoms with E-state index in [9.17, 15) is 13.2 Å². The van der Waals surface area contributed by atoms with Gasteiger partial charge in [-0.1, -0.05) is 19.3 Å². The molecule has 2 fully saturated rings. The third-order valence-corrected chi connectivity index (χ3v) is 6.62. The predicted octanol–water partition coefficient (Wildman–Crippen LogP) is 3.27. The minimum atomic E-state index is -4.26. The summed E-state index contributed by atoms with van der Waals surface area (Å²) in [6, 6.07) is 0. The average molecular weight is 389 g/mol. The highest BCUT2D eigenvalue weighted by Crippen LogP contribution is 2.42. The van der Waals surface area contributed by atoms with Crippen LogP contribution in [-0.4, -0.2) is 57.2 Å². The molecule has 1 N–H and O–H groups in total. The smallest absolute Gasteiger partial charge is 0.349 e. The molecule has 0 radical (unpaired) electrons. The zero-order valence-electron chi connectivity index (χ0n) is 15.1. The van der Waals surface area contributed by atoms with E-state index in [2.05, 4.69) is 32.0 Å². The summed E-state index contributed by atoms with van der Waals surface area (Å²) in [4.78, 5) is 10.7. The Balaban J connectivity index is 1.61. The molecule has 0 aromatic carbocycles. The first-order chi connectivity index (χ1) is 12.4. The number of nitrogens with zero attached hydrogens (tertiary/aromatic N) is 4. The Morgan fingerprint density at radius 1 is 1.35 bits per heavy atom. The molecule has 0 atom stereocenters. The van der Waals surface area contributed by atoms with Crippen LogP contribution in [0.25, 0.3) is 0 Å². The second-order valence-corrected chi connectivity index (χ2v) is 8.56. The lowest BCUT2D eigenvalue weighted by Gasteiger charge is -2.45. The molecule has 0 unspecified atom stereocenters. The second kappa shape index (κ2) is 8.10. The van der Waals surface area contributed by atoms with Crippen molar-refractivity contribution in [3.05, 3.63) is 18.2 Å². The van der Waals surface area contributed by atoms with Crippen molar-refractivity contribution in [2.45, 2.75) is 56.1 Å². The topological polar surface area (TPSA) is 45.5 Å². The fraction of sp³-hybridized carbons (Fsp3) is 0.765. The van der Waals surface area contributed by atoms with E-state index in [-0.39, 0.29) is 6.54 Å². The number of nitrogens with one attached hydrogen (secondary N) is 1. The van der Waals surface area contributed by atoms with Crippen molar-refractivity contribution in [1.82, 2.24) is 19.8 Å². The number of hydrogen-bond donors (Lipinski definition) is 1. The van der Waals surface area contributed by atoms with Gasteiger partial charge in [-0.25, -0.2) is 4.98 Å². The predicted molar refractivity (Wildman–Crippen MR) is 98.3 cm³/mol. The summed E-state index contributed by atoms with van der Waals surface area (Å²) in [5.41, 5.74) is 0. The number of aromatic nitrogens is 2. The van der Waals surface area contributed by atoms with Crippen molar-refractivity contribution >= 4 is 17.7 Å². The zero-order valence-corrected chi connectivity index (χ0v) is 15.9. The lowest BCUT2D eigenvalue weighted by Crippen LogP contribution is -2.53. The van der Waals surface area contributed by atoms with Crippen molar-refractivity contribution < 1.29 is 13.2 Å². The Morgan fingerprint density at radius 3 is 2.81 bits per heavy atom. The van der Waals surface area contributed by atoms with E-state index in [1.165, 1.54) is 44.5 Å². The molecule has 1 aromatic rings. The molecule has 1 aliphatic carbocycles. The maximum atomic E-state index is 12.7. The van der Waals surface area contributed by atoms with E-state index in [1.807, 2.05) is 0 Å². The highest BCUT2D eigenvalue weighted by molar-refractivity contribution is 8.00. The van der Waals surface area contributed by atoms with E-state index in [1.54, 1.807) is 7.05 Å². The minimum Gasteiger partial charge on any atom is -0.349 e. The maximum Gasteiger partial charge on any atom is 0.406 e. The molecule has 146 valence electrons. The van der Waals surface area contributed by atoms with E-state index in [0.29, 0.717) is 10.6 Å². The Morgan fingerprint density at radius 2 is 2.12 bits per heavy atom. The molecule has 0 amide bonds. The van der Waals surface area contributed by atoms with Crippen molar-refractivity contribution in [2.75, 3.05) is 25.9 Å². The molecule has 2 aliphatic rings. The zero-order chi connectivity index (χ0) is 18.6. The first kappa shape index (κ1) is 19.4. The van der Waals surface area contributed by atoms with E-state index < -0.39 is 12.7 Å². The Kier molecular flexibility index (Phi) is 6.04. The molecule has 1 saturated carbocycles. The summed E-state index contributed by atoms with van der Waals surface area (Å²) in [5.74, 6) is 2.17. The van der Waals surface area contributed by atoms with Crippen molar-refractivity contribution in [1.29, 1.82) is 0 Å². The van der Waals surface area contributed by atoms with Crippen LogP contribution in [0.1, 0.15) is 37.9 Å². The van der Waals surface area contributed by atoms with Gasteiger partial charge in [0.1, 0.15) is 12.4 Å². The molecule has 5 nitrogen and oxygen atoms in total. The molecule has 0 bridgehead atoms. The second-order valence-electron chi connectivity index (χ2n) is 7.00. The fourth-order valence-electron chi connectivity index (χ4n) is 3.86. The summed E-state index contributed by atoms with van der Waals surface area (Å²) in [7, 11) is 1.72. The standard InChI is InChI=1S/C17H26F3N5S/c1-21-15(23-11-14-22-7-8-24(14)13-17(18,19)20)25-9-10-26-16(12-25)5-3-2-4-6-16/h7-8H,2-6,9-13H2,1H3,(H,21,23). The summed E-state index contributed by atoms with van der Waals surface area (Å²) >= 11 is 2.08. The van der Waals surface area contributed by atoms with Crippen molar-refractivity contribution in [3.8, 4) is 0 Å². The maximum absolute atomic E-state index is 12.7. The van der Waals surface area contributed by atoms with Crippen LogP contribution in [-0.2, 0) is 13.1 Å². The molecule has 26 heavy (non-hydrogen) atoms. The molecular weight excluding hydrogens is 363 g/mol. The number of rotatable bonds is 3. The van der Waals surface area contributed by atoms with Gasteiger partial charge < -0.3 is 14.8 Å². The number of aliphatic imine (C=N–C) groups is 1. The number of hydrogen-bond acceptors (Lipinski definition) is 3. The van der Waals surface area contributed by atoms with Crippen LogP contribution < -0.4 is 5.32 Å². The minimum absolute atomic E-state index is 0.229. The van der Waals surface area contributed by atoms with Gasteiger partial charge in [-0.3, -0.25) is 4.99 Å². The van der Waals surface area contributed by atoms with Crippen molar-refractivity contribution in [3.63, 3.8) is 0 Å². The van der Waals surface area contributed by atoms with Gasteiger partial charge in [0.05, 0.1) is 6.54 Å². The third kappa shape index (κ3) is 4.86. The Bertz CT molecular complexity index is 617. The largest absolute Gasteiger partial charge is 0.406 e. The first-order valence-corrected chi connectivity index (χ1v) is 10.1. The molecule has 2 heterocycles. The Hall–Kier alpha value is -1.38. The van der Waals surface area contributed by atoms with Gasteiger partial charge in [0.15, 0.2) is 5.96 Å². The molecule has 1 spiro atoms. The molecule has 1 saturated heterocycles. The van der Waals surface area contributed by atoms with Crippen molar-refractivity contribution in [2.24, 2.45) is 4.99 Å². The van der Waals surface area contributed by atoms with Gasteiger partial charge in [0, 0.05) is 43.0 Å². The molecule has 1 aromatic heterocycles. The van der Waals surface area contributed by atoms with Crippen LogP contribution in [0.2, 0.25) is 0 Å². The number of guanidine groups is 1. The van der Waals surface area contributed by atoms with Gasteiger partial charge >= 0.3 is 6.18 Å². The fourth-order valence-corrected chi connectivity index (χ4v) is 5.43. The average Bonchev–Trinajstić information content (AvgIpc) is 3.01. The molecule has 9 heteroatoms. The highest BCUT2D eigenvalue weighted by atomic mass is 32.2. The highest BCUT2D eigenvalue weighted by Gasteiger charge is 2.38. The van der Waals surface area contributed by atoms with E-state index in [4.69, 9.17) is 0 Å². The van der Waals surface area contributed by atoms with Crippen LogP contribution in [0.4, 0.5) is 13.2 Å².